The molecule has 0 N–H and O–H groups in total. The second-order valence-corrected chi connectivity index (χ2v) is 3.47. The first-order valence-electron chi connectivity index (χ1n) is 4.72. The average Bonchev–Trinajstić information content (AvgIpc) is 2.10. The van der Waals surface area contributed by atoms with Crippen LogP contribution in [-0.4, -0.2) is 6.26 Å². The molecule has 0 aliphatic rings. The molecule has 0 spiro atoms. The van der Waals surface area contributed by atoms with Gasteiger partial charge in [0.25, 0.3) is 0 Å². The summed E-state index contributed by atoms with van der Waals surface area (Å²) in [6.07, 6.45) is 10.8. The molecule has 12 heavy (non-hydrogen) atoms. The van der Waals surface area contributed by atoms with E-state index in [-0.39, 0.29) is 0 Å². The van der Waals surface area contributed by atoms with E-state index in [4.69, 9.17) is 0 Å². The van der Waals surface area contributed by atoms with Gasteiger partial charge in [-0.15, -0.1) is 0 Å². The number of hydrogen-bond acceptors (Lipinski definition) is 1. The first-order chi connectivity index (χ1) is 5.91. The minimum atomic E-state index is 1.07. The van der Waals surface area contributed by atoms with Gasteiger partial charge in [0.1, 0.15) is 0 Å². The highest BCUT2D eigenvalue weighted by molar-refractivity contribution is 8.03. The molecule has 0 amide bonds. The van der Waals surface area contributed by atoms with Crippen LogP contribution in [0.4, 0.5) is 0 Å². The fourth-order valence-electron chi connectivity index (χ4n) is 1.04. The molecular weight excluding hydrogens is 164 g/mol. The van der Waals surface area contributed by atoms with Crippen LogP contribution in [0.2, 0.25) is 0 Å². The Morgan fingerprint density at radius 3 is 2.42 bits per heavy atom. The fraction of sp³-hybridized carbons (Fsp3) is 0.727. The maximum Gasteiger partial charge on any atom is 0.00976 e. The Kier molecular flexibility index (Phi) is 10.8. The van der Waals surface area contributed by atoms with Crippen LogP contribution in [0.25, 0.3) is 0 Å². The summed E-state index contributed by atoms with van der Waals surface area (Å²) in [5.41, 5.74) is 0. The predicted molar refractivity (Wildman–Crippen MR) is 59.0 cm³/mol. The SMILES string of the molecule is [CH2]CCCCCCCC#CSC. The Morgan fingerprint density at radius 2 is 1.75 bits per heavy atom. The third kappa shape index (κ3) is 9.91. The second kappa shape index (κ2) is 10.9. The summed E-state index contributed by atoms with van der Waals surface area (Å²) in [6, 6.07) is 0. The van der Waals surface area contributed by atoms with E-state index in [9.17, 15) is 0 Å². The van der Waals surface area contributed by atoms with Crippen LogP contribution in [-0.2, 0) is 0 Å². The molecule has 0 unspecified atom stereocenters. The molecule has 1 heteroatoms. The molecule has 0 aliphatic heterocycles. The topological polar surface area (TPSA) is 0 Å². The van der Waals surface area contributed by atoms with Crippen molar-refractivity contribution >= 4 is 11.8 Å². The molecule has 0 aromatic rings. The Balaban J connectivity index is 2.91. The van der Waals surface area contributed by atoms with Crippen molar-refractivity contribution in [1.82, 2.24) is 0 Å². The van der Waals surface area contributed by atoms with Gasteiger partial charge in [0.2, 0.25) is 0 Å². The van der Waals surface area contributed by atoms with Crippen molar-refractivity contribution in [3.8, 4) is 11.2 Å². The summed E-state index contributed by atoms with van der Waals surface area (Å²) >= 11 is 1.60. The maximum absolute atomic E-state index is 3.82. The molecule has 0 rings (SSSR count). The summed E-state index contributed by atoms with van der Waals surface area (Å²) in [4.78, 5) is 0. The predicted octanol–water partition coefficient (Wildman–Crippen LogP) is 3.88. The van der Waals surface area contributed by atoms with Crippen molar-refractivity contribution in [3.63, 3.8) is 0 Å². The molecule has 0 atom stereocenters. The molecule has 1 radical (unpaired) electrons. The van der Waals surface area contributed by atoms with Crippen LogP contribution in [0.15, 0.2) is 0 Å². The smallest absolute Gasteiger partial charge is 0.00976 e. The molecule has 0 nitrogen and oxygen atoms in total. The lowest BCUT2D eigenvalue weighted by atomic mass is 10.1. The van der Waals surface area contributed by atoms with Gasteiger partial charge in [-0.3, -0.25) is 0 Å². The minimum absolute atomic E-state index is 1.07. The summed E-state index contributed by atoms with van der Waals surface area (Å²) in [5.74, 6) is 3.13. The highest BCUT2D eigenvalue weighted by Gasteiger charge is 1.87. The molecule has 0 heterocycles. The van der Waals surface area contributed by atoms with Gasteiger partial charge >= 0.3 is 0 Å². The molecular formula is C11H19S. The Bertz CT molecular complexity index is 130. The van der Waals surface area contributed by atoms with E-state index in [1.165, 1.54) is 32.1 Å². The highest BCUT2D eigenvalue weighted by atomic mass is 32.2. The third-order valence-corrected chi connectivity index (χ3v) is 2.07. The van der Waals surface area contributed by atoms with Crippen molar-refractivity contribution < 1.29 is 0 Å². The zero-order valence-electron chi connectivity index (χ0n) is 8.07. The van der Waals surface area contributed by atoms with Crippen molar-refractivity contribution in [1.29, 1.82) is 0 Å². The van der Waals surface area contributed by atoms with Crippen molar-refractivity contribution in [2.24, 2.45) is 0 Å². The molecule has 0 saturated carbocycles. The van der Waals surface area contributed by atoms with E-state index in [0.717, 1.165) is 12.8 Å². The fourth-order valence-corrected chi connectivity index (χ4v) is 1.29. The van der Waals surface area contributed by atoms with Crippen LogP contribution < -0.4 is 0 Å². The van der Waals surface area contributed by atoms with E-state index in [0.29, 0.717) is 0 Å². The van der Waals surface area contributed by atoms with Gasteiger partial charge in [0, 0.05) is 6.42 Å². The number of hydrogen-bond donors (Lipinski definition) is 0. The van der Waals surface area contributed by atoms with Gasteiger partial charge in [-0.25, -0.2) is 0 Å². The molecule has 0 saturated heterocycles. The van der Waals surface area contributed by atoms with E-state index < -0.39 is 0 Å². The van der Waals surface area contributed by atoms with Gasteiger partial charge in [0.05, 0.1) is 0 Å². The molecule has 0 fully saturated rings. The summed E-state index contributed by atoms with van der Waals surface area (Å²) in [7, 11) is 0. The Labute approximate surface area is 81.5 Å². The Hall–Kier alpha value is -0.0900. The number of thioether (sulfide) groups is 1. The van der Waals surface area contributed by atoms with E-state index in [2.05, 4.69) is 18.1 Å². The van der Waals surface area contributed by atoms with Crippen LogP contribution >= 0.6 is 11.8 Å². The zero-order chi connectivity index (χ0) is 9.07. The third-order valence-electron chi connectivity index (χ3n) is 1.73. The van der Waals surface area contributed by atoms with Gasteiger partial charge in [0.15, 0.2) is 0 Å². The van der Waals surface area contributed by atoms with Gasteiger partial charge < -0.3 is 0 Å². The Morgan fingerprint density at radius 1 is 1.08 bits per heavy atom. The summed E-state index contributed by atoms with van der Waals surface area (Å²) < 4.78 is 0. The standard InChI is InChI=1S/C11H19S/c1-3-4-5-6-7-8-9-10-11-12-2/h1,3-9H2,2H3. The van der Waals surface area contributed by atoms with E-state index >= 15 is 0 Å². The van der Waals surface area contributed by atoms with Gasteiger partial charge in [-0.05, 0) is 17.9 Å². The molecule has 0 bridgehead atoms. The summed E-state index contributed by atoms with van der Waals surface area (Å²) in [6.45, 7) is 3.82. The van der Waals surface area contributed by atoms with Crippen molar-refractivity contribution in [3.05, 3.63) is 6.92 Å². The van der Waals surface area contributed by atoms with E-state index in [1.807, 2.05) is 6.26 Å². The summed E-state index contributed by atoms with van der Waals surface area (Å²) in [5, 5.41) is 3.01. The maximum atomic E-state index is 3.82. The minimum Gasteiger partial charge on any atom is -0.0913 e. The van der Waals surface area contributed by atoms with Crippen LogP contribution in [0.1, 0.15) is 44.9 Å². The van der Waals surface area contributed by atoms with Crippen molar-refractivity contribution in [2.75, 3.05) is 6.26 Å². The zero-order valence-corrected chi connectivity index (χ0v) is 8.88. The van der Waals surface area contributed by atoms with Gasteiger partial charge in [-0.1, -0.05) is 56.7 Å². The highest BCUT2D eigenvalue weighted by Crippen LogP contribution is 2.06. The molecule has 0 aromatic heterocycles. The molecule has 0 aliphatic carbocycles. The largest absolute Gasteiger partial charge is 0.0913 e. The quantitative estimate of drug-likeness (QED) is 0.445. The van der Waals surface area contributed by atoms with Crippen molar-refractivity contribution in [2.45, 2.75) is 44.9 Å². The molecule has 0 aromatic carbocycles. The lowest BCUT2D eigenvalue weighted by Gasteiger charge is -1.96. The van der Waals surface area contributed by atoms with Gasteiger partial charge in [-0.2, -0.15) is 0 Å². The monoisotopic (exact) mass is 183 g/mol. The first kappa shape index (κ1) is 11.9. The molecule has 69 valence electrons. The second-order valence-electron chi connectivity index (χ2n) is 2.85. The first-order valence-corrected chi connectivity index (χ1v) is 5.94. The lowest BCUT2D eigenvalue weighted by molar-refractivity contribution is 0.624. The average molecular weight is 183 g/mol. The lowest BCUT2D eigenvalue weighted by Crippen LogP contribution is -1.77. The van der Waals surface area contributed by atoms with Crippen LogP contribution in [0.3, 0.4) is 0 Å². The van der Waals surface area contributed by atoms with Crippen LogP contribution in [0.5, 0.6) is 0 Å². The number of unbranched alkanes of at least 4 members (excludes halogenated alkanes) is 6. The van der Waals surface area contributed by atoms with E-state index in [1.54, 1.807) is 11.8 Å². The number of rotatable bonds is 6. The van der Waals surface area contributed by atoms with Crippen LogP contribution in [0, 0.1) is 18.1 Å². The normalized spacial score (nSPS) is 9.17.